The van der Waals surface area contributed by atoms with Gasteiger partial charge in [0.1, 0.15) is 17.2 Å². The van der Waals surface area contributed by atoms with Crippen LogP contribution in [0.1, 0.15) is 23.1 Å². The summed E-state index contributed by atoms with van der Waals surface area (Å²) in [6.07, 6.45) is 0.211. The van der Waals surface area contributed by atoms with Crippen LogP contribution in [0.3, 0.4) is 0 Å². The summed E-state index contributed by atoms with van der Waals surface area (Å²) in [5.74, 6) is -0.0976. The smallest absolute Gasteiger partial charge is 0.206 e. The van der Waals surface area contributed by atoms with Gasteiger partial charge in [0.05, 0.1) is 9.80 Å². The molecule has 0 radical (unpaired) electrons. The summed E-state index contributed by atoms with van der Waals surface area (Å²) in [4.78, 5) is 0.446. The molecule has 0 aromatic heterocycles. The third-order valence-electron chi connectivity index (χ3n) is 5.27. The molecule has 3 nitrogen and oxygen atoms in total. The summed E-state index contributed by atoms with van der Waals surface area (Å²) in [7, 11) is -3.79. The van der Waals surface area contributed by atoms with E-state index in [-0.39, 0.29) is 27.8 Å². The van der Waals surface area contributed by atoms with E-state index >= 15 is 0 Å². The molecule has 1 atom stereocenters. The van der Waals surface area contributed by atoms with E-state index in [9.17, 15) is 12.8 Å². The molecule has 1 heterocycles. The number of aryl methyl sites for hydroxylation is 1. The minimum absolute atomic E-state index is 0.211. The first-order valence-electron chi connectivity index (χ1n) is 9.47. The van der Waals surface area contributed by atoms with Gasteiger partial charge in [0.25, 0.3) is 0 Å². The highest BCUT2D eigenvalue weighted by atomic mass is 127. The van der Waals surface area contributed by atoms with Crippen LogP contribution in [0.4, 0.5) is 4.39 Å². The zero-order valence-electron chi connectivity index (χ0n) is 16.3. The van der Waals surface area contributed by atoms with Gasteiger partial charge >= 0.3 is 0 Å². The molecule has 0 saturated carbocycles. The van der Waals surface area contributed by atoms with E-state index in [4.69, 9.17) is 4.74 Å². The van der Waals surface area contributed by atoms with Crippen LogP contribution >= 0.6 is 22.6 Å². The van der Waals surface area contributed by atoms with Crippen LogP contribution in [0, 0.1) is 12.7 Å². The predicted molar refractivity (Wildman–Crippen MR) is 124 cm³/mol. The van der Waals surface area contributed by atoms with Crippen molar-refractivity contribution in [2.45, 2.75) is 23.8 Å². The lowest BCUT2D eigenvalue weighted by Crippen LogP contribution is -2.28. The quantitative estimate of drug-likeness (QED) is 0.297. The van der Waals surface area contributed by atoms with E-state index in [1.165, 1.54) is 12.1 Å². The Morgan fingerprint density at radius 3 is 2.20 bits per heavy atom. The molecule has 3 aromatic rings. The zero-order chi connectivity index (χ0) is 21.4. The fourth-order valence-electron chi connectivity index (χ4n) is 3.58. The number of rotatable bonds is 5. The minimum Gasteiger partial charge on any atom is -0.480 e. The molecule has 0 N–H and O–H groups in total. The topological polar surface area (TPSA) is 43.4 Å². The maximum atomic E-state index is 13.6. The molecule has 1 unspecified atom stereocenters. The summed E-state index contributed by atoms with van der Waals surface area (Å²) < 4.78 is 47.7. The molecule has 1 aliphatic rings. The van der Waals surface area contributed by atoms with E-state index in [0.717, 1.165) is 11.1 Å². The lowest BCUT2D eigenvalue weighted by molar-refractivity contribution is 0.0860. The molecular weight excluding hydrogens is 514 g/mol. The number of alkyl halides is 1. The first kappa shape index (κ1) is 21.1. The highest BCUT2D eigenvalue weighted by molar-refractivity contribution is 14.1. The second-order valence-electron chi connectivity index (χ2n) is 7.35. The number of hydrogen-bond acceptors (Lipinski definition) is 3. The molecule has 154 valence electrons. The predicted octanol–water partition coefficient (Wildman–Crippen LogP) is 6.03. The van der Waals surface area contributed by atoms with Crippen LogP contribution < -0.4 is 0 Å². The second kappa shape index (κ2) is 8.15. The number of ether oxygens (including phenoxy) is 1. The van der Waals surface area contributed by atoms with Crippen molar-refractivity contribution in [3.05, 3.63) is 106 Å². The third-order valence-corrected chi connectivity index (χ3v) is 8.38. The summed E-state index contributed by atoms with van der Waals surface area (Å²) in [6.45, 7) is 1.91. The summed E-state index contributed by atoms with van der Waals surface area (Å²) in [5, 5.41) is 0. The van der Waals surface area contributed by atoms with Gasteiger partial charge in [-0.2, -0.15) is 0 Å². The van der Waals surface area contributed by atoms with Crippen molar-refractivity contribution in [3.8, 4) is 0 Å². The first-order valence-corrected chi connectivity index (χ1v) is 12.5. The molecule has 0 spiro atoms. The van der Waals surface area contributed by atoms with Crippen molar-refractivity contribution in [1.82, 2.24) is 0 Å². The number of hydrogen-bond donors (Lipinski definition) is 0. The van der Waals surface area contributed by atoms with Crippen molar-refractivity contribution in [1.29, 1.82) is 0 Å². The normalized spacial score (nSPS) is 19.0. The van der Waals surface area contributed by atoms with Gasteiger partial charge in [-0.1, -0.05) is 70.6 Å². The Bertz CT molecular complexity index is 1190. The monoisotopic (exact) mass is 534 g/mol. The van der Waals surface area contributed by atoms with E-state index in [0.29, 0.717) is 9.99 Å². The van der Waals surface area contributed by atoms with E-state index in [1.54, 1.807) is 36.4 Å². The van der Waals surface area contributed by atoms with Gasteiger partial charge in [-0.05, 0) is 48.9 Å². The Balaban J connectivity index is 1.89. The Morgan fingerprint density at radius 1 is 0.967 bits per heavy atom. The van der Waals surface area contributed by atoms with E-state index in [2.05, 4.69) is 22.6 Å². The summed E-state index contributed by atoms with van der Waals surface area (Å²) in [6, 6.07) is 22.2. The SMILES string of the molecule is Cc1ccc(S(=O)(=O)C2=C(c3ccc(F)cc3)OC(CI)(c3ccccc3)C2)cc1. The molecule has 0 saturated heterocycles. The van der Waals surface area contributed by atoms with Crippen LogP contribution in [0.2, 0.25) is 0 Å². The van der Waals surface area contributed by atoms with Gasteiger partial charge in [-0.3, -0.25) is 0 Å². The Labute approximate surface area is 189 Å². The molecule has 4 rings (SSSR count). The maximum absolute atomic E-state index is 13.6. The molecular formula is C24H20FIO3S. The molecule has 1 aliphatic heterocycles. The van der Waals surface area contributed by atoms with Gasteiger partial charge in [0, 0.05) is 16.4 Å². The highest BCUT2D eigenvalue weighted by Crippen LogP contribution is 2.49. The van der Waals surface area contributed by atoms with Crippen LogP contribution in [-0.4, -0.2) is 12.8 Å². The van der Waals surface area contributed by atoms with Crippen molar-refractivity contribution < 1.29 is 17.5 Å². The summed E-state index contributed by atoms with van der Waals surface area (Å²) in [5.41, 5.74) is 1.63. The Hall–Kier alpha value is -2.19. The van der Waals surface area contributed by atoms with Crippen molar-refractivity contribution in [2.75, 3.05) is 4.43 Å². The van der Waals surface area contributed by atoms with Crippen LogP contribution in [0.5, 0.6) is 0 Å². The molecule has 0 bridgehead atoms. The molecule has 3 aromatic carbocycles. The standard InChI is InChI=1S/C24H20FIO3S/c1-17-7-13-21(14-8-17)30(27,28)22-15-24(16-26,19-5-3-2-4-6-19)29-23(22)18-9-11-20(25)12-10-18/h2-14H,15-16H2,1H3. The van der Waals surface area contributed by atoms with Gasteiger partial charge in [-0.15, -0.1) is 0 Å². The lowest BCUT2D eigenvalue weighted by Gasteiger charge is -2.28. The summed E-state index contributed by atoms with van der Waals surface area (Å²) >= 11 is 2.23. The molecule has 0 fully saturated rings. The zero-order valence-corrected chi connectivity index (χ0v) is 19.3. The van der Waals surface area contributed by atoms with Crippen LogP contribution in [0.25, 0.3) is 5.76 Å². The fourth-order valence-corrected chi connectivity index (χ4v) is 6.05. The first-order chi connectivity index (χ1) is 14.4. The second-order valence-corrected chi connectivity index (χ2v) is 10.1. The largest absolute Gasteiger partial charge is 0.480 e. The average molecular weight is 534 g/mol. The Morgan fingerprint density at radius 2 is 1.60 bits per heavy atom. The van der Waals surface area contributed by atoms with Gasteiger partial charge < -0.3 is 4.74 Å². The molecule has 0 amide bonds. The molecule has 6 heteroatoms. The van der Waals surface area contributed by atoms with Crippen molar-refractivity contribution >= 4 is 38.2 Å². The van der Waals surface area contributed by atoms with E-state index in [1.807, 2.05) is 37.3 Å². The van der Waals surface area contributed by atoms with E-state index < -0.39 is 15.4 Å². The molecule has 0 aliphatic carbocycles. The maximum Gasteiger partial charge on any atom is 0.206 e. The third kappa shape index (κ3) is 3.78. The van der Waals surface area contributed by atoms with Crippen molar-refractivity contribution in [3.63, 3.8) is 0 Å². The van der Waals surface area contributed by atoms with Crippen molar-refractivity contribution in [2.24, 2.45) is 0 Å². The highest BCUT2D eigenvalue weighted by Gasteiger charge is 2.46. The van der Waals surface area contributed by atoms with Gasteiger partial charge in [0.2, 0.25) is 9.84 Å². The minimum atomic E-state index is -3.79. The van der Waals surface area contributed by atoms with Crippen LogP contribution in [0.15, 0.2) is 88.7 Å². The van der Waals surface area contributed by atoms with Gasteiger partial charge in [-0.25, -0.2) is 12.8 Å². The lowest BCUT2D eigenvalue weighted by atomic mass is 9.93. The average Bonchev–Trinajstić information content (AvgIpc) is 3.17. The number of halogens is 2. The fraction of sp³-hybridized carbons (Fsp3) is 0.167. The Kier molecular flexibility index (Phi) is 5.72. The van der Waals surface area contributed by atoms with Crippen LogP contribution in [-0.2, 0) is 20.2 Å². The van der Waals surface area contributed by atoms with Gasteiger partial charge in [0.15, 0.2) is 0 Å². The molecule has 30 heavy (non-hydrogen) atoms. The number of sulfone groups is 1. The number of benzene rings is 3.